The van der Waals surface area contributed by atoms with Crippen molar-refractivity contribution in [2.75, 3.05) is 0 Å². The molecule has 1 N–H and O–H groups in total. The Kier molecular flexibility index (Phi) is 2.97. The van der Waals surface area contributed by atoms with Gasteiger partial charge in [-0.2, -0.15) is 15.6 Å². The Morgan fingerprint density at radius 2 is 1.59 bits per heavy atom. The number of nitrogens with one attached hydrogen (secondary N) is 1. The number of rotatable bonds is 0. The number of hydrazone groups is 1. The molecule has 1 aliphatic rings. The molecule has 0 aromatic carbocycles. The van der Waals surface area contributed by atoms with Crippen LogP contribution in [-0.2, 0) is 0 Å². The van der Waals surface area contributed by atoms with Crippen molar-refractivity contribution in [3.8, 4) is 12.1 Å². The Balaban J connectivity index is 3.43. The van der Waals surface area contributed by atoms with Gasteiger partial charge in [-0.25, -0.2) is 0 Å². The fourth-order valence-electron chi connectivity index (χ4n) is 3.06. The molecule has 1 unspecified atom stereocenters. The summed E-state index contributed by atoms with van der Waals surface area (Å²) in [6.07, 6.45) is 0. The van der Waals surface area contributed by atoms with E-state index < -0.39 is 11.5 Å². The number of hydrogen-bond acceptors (Lipinski definition) is 4. The van der Waals surface area contributed by atoms with Crippen LogP contribution >= 0.6 is 0 Å². The van der Waals surface area contributed by atoms with Gasteiger partial charge in [-0.3, -0.25) is 0 Å². The van der Waals surface area contributed by atoms with Gasteiger partial charge >= 0.3 is 0 Å². The van der Waals surface area contributed by atoms with Crippen LogP contribution < -0.4 is 5.43 Å². The maximum Gasteiger partial charge on any atom is 0.157 e. The fourth-order valence-corrected chi connectivity index (χ4v) is 3.06. The lowest BCUT2D eigenvalue weighted by Crippen LogP contribution is -2.63. The molecule has 0 saturated heterocycles. The zero-order chi connectivity index (χ0) is 13.5. The normalized spacial score (nSPS) is 23.3. The molecular formula is C13H20N4. The minimum absolute atomic E-state index is 0.187. The summed E-state index contributed by atoms with van der Waals surface area (Å²) in [5.74, 6) is -0.507. The standard InChI is InChI=1S/C13H20N4/c1-11(2,3)13(12(4,5)6)9(7-14)10(8-15)16-17-13/h9,17H,1-6H3. The van der Waals surface area contributed by atoms with E-state index in [-0.39, 0.29) is 16.5 Å². The Bertz CT molecular complexity index is 406. The Labute approximate surface area is 103 Å². The van der Waals surface area contributed by atoms with Crippen molar-refractivity contribution in [2.45, 2.75) is 47.1 Å². The zero-order valence-corrected chi connectivity index (χ0v) is 11.4. The molecule has 1 atom stereocenters. The number of nitrogens with zero attached hydrogens (tertiary/aromatic N) is 3. The molecule has 0 bridgehead atoms. The third-order valence-electron chi connectivity index (χ3n) is 3.67. The monoisotopic (exact) mass is 232 g/mol. The van der Waals surface area contributed by atoms with Crippen LogP contribution in [0.5, 0.6) is 0 Å². The van der Waals surface area contributed by atoms with E-state index in [1.807, 2.05) is 6.07 Å². The molecule has 0 spiro atoms. The van der Waals surface area contributed by atoms with Gasteiger partial charge in [-0.1, -0.05) is 41.5 Å². The van der Waals surface area contributed by atoms with Crippen molar-refractivity contribution in [1.82, 2.24) is 5.43 Å². The molecule has 0 radical (unpaired) electrons. The summed E-state index contributed by atoms with van der Waals surface area (Å²) in [7, 11) is 0. The third-order valence-corrected chi connectivity index (χ3v) is 3.67. The largest absolute Gasteiger partial charge is 0.300 e. The second-order valence-electron chi connectivity index (χ2n) is 6.59. The van der Waals surface area contributed by atoms with E-state index >= 15 is 0 Å². The molecule has 4 heteroatoms. The van der Waals surface area contributed by atoms with Gasteiger partial charge in [0.15, 0.2) is 5.71 Å². The van der Waals surface area contributed by atoms with Crippen molar-refractivity contribution in [2.24, 2.45) is 21.8 Å². The number of hydrogen-bond donors (Lipinski definition) is 1. The van der Waals surface area contributed by atoms with Gasteiger partial charge in [0, 0.05) is 0 Å². The molecule has 0 aromatic rings. The maximum atomic E-state index is 9.41. The van der Waals surface area contributed by atoms with E-state index in [0.717, 1.165) is 0 Å². The van der Waals surface area contributed by atoms with Crippen molar-refractivity contribution >= 4 is 5.71 Å². The molecule has 4 nitrogen and oxygen atoms in total. The fraction of sp³-hybridized carbons (Fsp3) is 0.769. The summed E-state index contributed by atoms with van der Waals surface area (Å²) in [5, 5.41) is 22.5. The molecule has 1 aliphatic heterocycles. The van der Waals surface area contributed by atoms with Gasteiger partial charge in [-0.15, -0.1) is 0 Å². The highest BCUT2D eigenvalue weighted by molar-refractivity contribution is 6.04. The SMILES string of the molecule is CC(C)(C)C1(C(C)(C)C)NN=C(C#N)C1C#N. The minimum Gasteiger partial charge on any atom is -0.300 e. The average molecular weight is 232 g/mol. The van der Waals surface area contributed by atoms with E-state index in [1.165, 1.54) is 0 Å². The van der Waals surface area contributed by atoms with E-state index in [0.29, 0.717) is 0 Å². The topological polar surface area (TPSA) is 72.0 Å². The van der Waals surface area contributed by atoms with Gasteiger partial charge in [-0.05, 0) is 10.8 Å². The Morgan fingerprint density at radius 3 is 1.88 bits per heavy atom. The Morgan fingerprint density at radius 1 is 1.12 bits per heavy atom. The first-order valence-corrected chi connectivity index (χ1v) is 5.76. The van der Waals surface area contributed by atoms with Crippen molar-refractivity contribution < 1.29 is 0 Å². The molecule has 0 aromatic heterocycles. The quantitative estimate of drug-likeness (QED) is 0.697. The molecule has 1 heterocycles. The molecule has 0 amide bonds. The van der Waals surface area contributed by atoms with Crippen LogP contribution in [0, 0.1) is 39.4 Å². The molecule has 0 aliphatic carbocycles. The maximum absolute atomic E-state index is 9.41. The second-order valence-corrected chi connectivity index (χ2v) is 6.59. The molecule has 92 valence electrons. The predicted molar refractivity (Wildman–Crippen MR) is 66.9 cm³/mol. The number of nitriles is 2. The first-order chi connectivity index (χ1) is 7.61. The summed E-state index contributed by atoms with van der Waals surface area (Å²) < 4.78 is 0. The summed E-state index contributed by atoms with van der Waals surface area (Å²) in [6.45, 7) is 12.4. The van der Waals surface area contributed by atoms with Crippen LogP contribution in [0.2, 0.25) is 0 Å². The lowest BCUT2D eigenvalue weighted by atomic mass is 9.55. The summed E-state index contributed by atoms with van der Waals surface area (Å²) in [5.41, 5.74) is 2.48. The van der Waals surface area contributed by atoms with E-state index in [4.69, 9.17) is 5.26 Å². The smallest absolute Gasteiger partial charge is 0.157 e. The Hall–Kier alpha value is -1.55. The molecule has 0 saturated carbocycles. The highest BCUT2D eigenvalue weighted by Gasteiger charge is 2.60. The van der Waals surface area contributed by atoms with Crippen molar-refractivity contribution in [3.63, 3.8) is 0 Å². The summed E-state index contributed by atoms with van der Waals surface area (Å²) in [4.78, 5) is 0. The summed E-state index contributed by atoms with van der Waals surface area (Å²) in [6, 6.07) is 4.28. The van der Waals surface area contributed by atoms with Crippen LogP contribution in [-0.4, -0.2) is 11.3 Å². The zero-order valence-electron chi connectivity index (χ0n) is 11.4. The van der Waals surface area contributed by atoms with Crippen LogP contribution in [0.3, 0.4) is 0 Å². The van der Waals surface area contributed by atoms with Crippen LogP contribution in [0.4, 0.5) is 0 Å². The minimum atomic E-state index is -0.528. The van der Waals surface area contributed by atoms with Gasteiger partial charge in [0.2, 0.25) is 0 Å². The lowest BCUT2D eigenvalue weighted by molar-refractivity contribution is 0.0178. The van der Waals surface area contributed by atoms with Crippen molar-refractivity contribution in [1.29, 1.82) is 10.5 Å². The summed E-state index contributed by atoms with van der Waals surface area (Å²) >= 11 is 0. The van der Waals surface area contributed by atoms with Crippen LogP contribution in [0.25, 0.3) is 0 Å². The van der Waals surface area contributed by atoms with Gasteiger partial charge < -0.3 is 5.43 Å². The predicted octanol–water partition coefficient (Wildman–Crippen LogP) is 2.44. The second kappa shape index (κ2) is 3.74. The molecule has 1 rings (SSSR count). The van der Waals surface area contributed by atoms with Gasteiger partial charge in [0.1, 0.15) is 12.0 Å². The van der Waals surface area contributed by atoms with E-state index in [1.54, 1.807) is 0 Å². The molecule has 0 fully saturated rings. The first-order valence-electron chi connectivity index (χ1n) is 5.76. The highest BCUT2D eigenvalue weighted by atomic mass is 15.4. The van der Waals surface area contributed by atoms with Gasteiger partial charge in [0.05, 0.1) is 11.6 Å². The van der Waals surface area contributed by atoms with E-state index in [9.17, 15) is 5.26 Å². The third kappa shape index (κ3) is 1.69. The van der Waals surface area contributed by atoms with E-state index in [2.05, 4.69) is 58.1 Å². The van der Waals surface area contributed by atoms with Crippen molar-refractivity contribution in [3.05, 3.63) is 0 Å². The van der Waals surface area contributed by atoms with Crippen LogP contribution in [0.15, 0.2) is 5.10 Å². The first kappa shape index (κ1) is 13.5. The molecule has 17 heavy (non-hydrogen) atoms. The lowest BCUT2D eigenvalue weighted by Gasteiger charge is -2.52. The van der Waals surface area contributed by atoms with Gasteiger partial charge in [0.25, 0.3) is 0 Å². The molecular weight excluding hydrogens is 212 g/mol. The average Bonchev–Trinajstić information content (AvgIpc) is 2.54. The highest BCUT2D eigenvalue weighted by Crippen LogP contribution is 2.50. The van der Waals surface area contributed by atoms with Crippen LogP contribution in [0.1, 0.15) is 41.5 Å².